The number of amides is 1. The third kappa shape index (κ3) is 3.91. The molecule has 1 amide bonds. The zero-order valence-corrected chi connectivity index (χ0v) is 15.2. The van der Waals surface area contributed by atoms with Crippen LogP contribution in [0.2, 0.25) is 0 Å². The van der Waals surface area contributed by atoms with Crippen LogP contribution in [-0.2, 0) is 9.47 Å². The third-order valence-electron chi connectivity index (χ3n) is 4.27. The van der Waals surface area contributed by atoms with Crippen molar-refractivity contribution in [1.29, 1.82) is 0 Å². The van der Waals surface area contributed by atoms with E-state index < -0.39 is 5.60 Å². The summed E-state index contributed by atoms with van der Waals surface area (Å²) in [4.78, 5) is 14.9. The second-order valence-electron chi connectivity index (χ2n) is 7.05. The van der Waals surface area contributed by atoms with Crippen LogP contribution in [0.1, 0.15) is 29.9 Å². The second-order valence-corrected chi connectivity index (χ2v) is 7.05. The third-order valence-corrected chi connectivity index (χ3v) is 4.27. The molecule has 6 heteroatoms. The van der Waals surface area contributed by atoms with E-state index in [1.807, 2.05) is 56.0 Å². The molecule has 2 aromatic rings. The van der Waals surface area contributed by atoms with Gasteiger partial charge in [0.1, 0.15) is 0 Å². The Labute approximate surface area is 148 Å². The minimum absolute atomic E-state index is 0.0165. The normalized spacial score (nSPS) is 19.8. The van der Waals surface area contributed by atoms with Gasteiger partial charge in [0, 0.05) is 26.4 Å². The van der Waals surface area contributed by atoms with Crippen molar-refractivity contribution >= 4 is 5.91 Å². The maximum Gasteiger partial charge on any atom is 0.257 e. The highest BCUT2D eigenvalue weighted by molar-refractivity contribution is 5.95. The number of carbonyl (C=O) groups excluding carboxylic acids is 1. The molecule has 1 aromatic heterocycles. The molecule has 0 bridgehead atoms. The molecule has 0 saturated carbocycles. The SMILES string of the molecule is COC[C@@H]1CN(C(=O)c2cn(-c3ccccc3)nc2C)CC(C)(C)O1. The van der Waals surface area contributed by atoms with Crippen molar-refractivity contribution in [2.24, 2.45) is 0 Å². The predicted molar refractivity (Wildman–Crippen MR) is 95.0 cm³/mol. The van der Waals surface area contributed by atoms with Crippen molar-refractivity contribution in [1.82, 2.24) is 14.7 Å². The summed E-state index contributed by atoms with van der Waals surface area (Å²) in [5, 5.41) is 4.50. The molecule has 6 nitrogen and oxygen atoms in total. The fourth-order valence-corrected chi connectivity index (χ4v) is 3.28. The summed E-state index contributed by atoms with van der Waals surface area (Å²) < 4.78 is 13.0. The van der Waals surface area contributed by atoms with Crippen molar-refractivity contribution in [2.75, 3.05) is 26.8 Å². The number of para-hydroxylation sites is 1. The van der Waals surface area contributed by atoms with Crippen molar-refractivity contribution in [3.8, 4) is 5.69 Å². The fourth-order valence-electron chi connectivity index (χ4n) is 3.28. The minimum Gasteiger partial charge on any atom is -0.382 e. The lowest BCUT2D eigenvalue weighted by Crippen LogP contribution is -2.55. The molecule has 0 spiro atoms. The van der Waals surface area contributed by atoms with Gasteiger partial charge < -0.3 is 14.4 Å². The quantitative estimate of drug-likeness (QED) is 0.856. The van der Waals surface area contributed by atoms with Crippen LogP contribution in [0.4, 0.5) is 0 Å². The summed E-state index contributed by atoms with van der Waals surface area (Å²) >= 11 is 0. The van der Waals surface area contributed by atoms with Crippen LogP contribution in [-0.4, -0.2) is 59.1 Å². The molecular weight excluding hydrogens is 318 g/mol. The average Bonchev–Trinajstić information content (AvgIpc) is 2.95. The highest BCUT2D eigenvalue weighted by Crippen LogP contribution is 2.24. The van der Waals surface area contributed by atoms with Gasteiger partial charge in [-0.3, -0.25) is 4.79 Å². The Hall–Kier alpha value is -2.18. The summed E-state index contributed by atoms with van der Waals surface area (Å²) in [6.45, 7) is 7.39. The van der Waals surface area contributed by atoms with Gasteiger partial charge in [-0.2, -0.15) is 5.10 Å². The summed E-state index contributed by atoms with van der Waals surface area (Å²) in [5.74, 6) is -0.0165. The molecule has 25 heavy (non-hydrogen) atoms. The largest absolute Gasteiger partial charge is 0.382 e. The van der Waals surface area contributed by atoms with Gasteiger partial charge in [0.25, 0.3) is 5.91 Å². The molecule has 1 aromatic carbocycles. The van der Waals surface area contributed by atoms with Crippen LogP contribution < -0.4 is 0 Å². The van der Waals surface area contributed by atoms with Crippen LogP contribution in [0.5, 0.6) is 0 Å². The van der Waals surface area contributed by atoms with Crippen LogP contribution in [0.15, 0.2) is 36.5 Å². The molecule has 1 fully saturated rings. The number of hydrogen-bond acceptors (Lipinski definition) is 4. The van der Waals surface area contributed by atoms with Crippen LogP contribution >= 0.6 is 0 Å². The Bertz CT molecular complexity index is 740. The lowest BCUT2D eigenvalue weighted by Gasteiger charge is -2.42. The number of hydrogen-bond donors (Lipinski definition) is 0. The Morgan fingerprint density at radius 2 is 2.08 bits per heavy atom. The number of aryl methyl sites for hydroxylation is 1. The molecule has 0 radical (unpaired) electrons. The molecule has 2 heterocycles. The number of morpholine rings is 1. The monoisotopic (exact) mass is 343 g/mol. The number of carbonyl (C=O) groups is 1. The first-order valence-electron chi connectivity index (χ1n) is 8.47. The Morgan fingerprint density at radius 1 is 1.36 bits per heavy atom. The molecule has 0 N–H and O–H groups in total. The van der Waals surface area contributed by atoms with Gasteiger partial charge in [0.05, 0.1) is 35.3 Å². The molecule has 134 valence electrons. The minimum atomic E-state index is -0.402. The van der Waals surface area contributed by atoms with Gasteiger partial charge in [-0.25, -0.2) is 4.68 Å². The van der Waals surface area contributed by atoms with Crippen molar-refractivity contribution in [3.63, 3.8) is 0 Å². The van der Waals surface area contributed by atoms with Gasteiger partial charge in [-0.1, -0.05) is 18.2 Å². The van der Waals surface area contributed by atoms with Gasteiger partial charge >= 0.3 is 0 Å². The summed E-state index contributed by atoms with van der Waals surface area (Å²) in [7, 11) is 1.64. The molecular formula is C19H25N3O3. The lowest BCUT2D eigenvalue weighted by molar-refractivity contribution is -0.143. The van der Waals surface area contributed by atoms with Crippen molar-refractivity contribution in [3.05, 3.63) is 47.8 Å². The maximum absolute atomic E-state index is 13.1. The average molecular weight is 343 g/mol. The Morgan fingerprint density at radius 3 is 2.76 bits per heavy atom. The number of aromatic nitrogens is 2. The zero-order chi connectivity index (χ0) is 18.0. The van der Waals surface area contributed by atoms with E-state index >= 15 is 0 Å². The second kappa shape index (κ2) is 6.98. The van der Waals surface area contributed by atoms with Gasteiger partial charge in [-0.15, -0.1) is 0 Å². The smallest absolute Gasteiger partial charge is 0.257 e. The van der Waals surface area contributed by atoms with Crippen LogP contribution in [0.3, 0.4) is 0 Å². The Balaban J connectivity index is 1.84. The topological polar surface area (TPSA) is 56.6 Å². The maximum atomic E-state index is 13.1. The van der Waals surface area contributed by atoms with E-state index in [1.165, 1.54) is 0 Å². The van der Waals surface area contributed by atoms with Crippen molar-refractivity contribution in [2.45, 2.75) is 32.5 Å². The van der Waals surface area contributed by atoms with Crippen LogP contribution in [0.25, 0.3) is 5.69 Å². The summed E-state index contributed by atoms with van der Waals surface area (Å²) in [6.07, 6.45) is 1.68. The molecule has 0 unspecified atom stereocenters. The standard InChI is InChI=1S/C19H25N3O3/c1-14-17(11-22(20-14)15-8-6-5-7-9-15)18(23)21-10-16(12-24-4)25-19(2,3)13-21/h5-9,11,16H,10,12-13H2,1-4H3/t16-/m0/s1. The van der Waals surface area contributed by atoms with E-state index in [0.717, 1.165) is 11.4 Å². The summed E-state index contributed by atoms with van der Waals surface area (Å²) in [5.41, 5.74) is 1.88. The highest BCUT2D eigenvalue weighted by Gasteiger charge is 2.36. The lowest BCUT2D eigenvalue weighted by atomic mass is 10.0. The van der Waals surface area contributed by atoms with Gasteiger partial charge in [0.2, 0.25) is 0 Å². The first-order valence-corrected chi connectivity index (χ1v) is 8.47. The fraction of sp³-hybridized carbons (Fsp3) is 0.474. The van der Waals surface area contributed by atoms with E-state index in [9.17, 15) is 4.79 Å². The Kier molecular flexibility index (Phi) is 4.92. The first-order chi connectivity index (χ1) is 11.9. The summed E-state index contributed by atoms with van der Waals surface area (Å²) in [6, 6.07) is 9.79. The van der Waals surface area contributed by atoms with Crippen LogP contribution in [0, 0.1) is 6.92 Å². The number of rotatable bonds is 4. The number of methoxy groups -OCH3 is 1. The number of ether oxygens (including phenoxy) is 2. The van der Waals surface area contributed by atoms with E-state index in [2.05, 4.69) is 5.10 Å². The van der Waals surface area contributed by atoms with E-state index in [4.69, 9.17) is 9.47 Å². The molecule has 1 atom stereocenters. The van der Waals surface area contributed by atoms with Gasteiger partial charge in [0.15, 0.2) is 0 Å². The molecule has 1 saturated heterocycles. The van der Waals surface area contributed by atoms with Gasteiger partial charge in [-0.05, 0) is 32.9 Å². The molecule has 3 rings (SSSR count). The van der Waals surface area contributed by atoms with E-state index in [1.54, 1.807) is 18.0 Å². The zero-order valence-electron chi connectivity index (χ0n) is 15.2. The highest BCUT2D eigenvalue weighted by atomic mass is 16.5. The first kappa shape index (κ1) is 17.6. The number of nitrogens with zero attached hydrogens (tertiary/aromatic N) is 3. The van der Waals surface area contributed by atoms with E-state index in [0.29, 0.717) is 25.3 Å². The molecule has 0 aliphatic carbocycles. The molecule has 1 aliphatic rings. The van der Waals surface area contributed by atoms with Crippen molar-refractivity contribution < 1.29 is 14.3 Å². The number of benzene rings is 1. The predicted octanol–water partition coefficient (Wildman–Crippen LogP) is 2.45. The molecule has 1 aliphatic heterocycles. The van der Waals surface area contributed by atoms with E-state index in [-0.39, 0.29) is 12.0 Å².